The van der Waals surface area contributed by atoms with Crippen molar-refractivity contribution in [3.8, 4) is 17.2 Å². The molecule has 0 spiro atoms. The number of phenols is 1. The number of ether oxygens (including phenoxy) is 2. The lowest BCUT2D eigenvalue weighted by Crippen LogP contribution is -2.26. The lowest BCUT2D eigenvalue weighted by molar-refractivity contribution is 0.130. The lowest BCUT2D eigenvalue weighted by Gasteiger charge is -2.22. The molecule has 5 heteroatoms. The number of hydrogen-bond donors (Lipinski definition) is 3. The minimum absolute atomic E-state index is 0.0285. The van der Waals surface area contributed by atoms with Gasteiger partial charge >= 0.3 is 0 Å². The van der Waals surface area contributed by atoms with Crippen molar-refractivity contribution >= 4 is 0 Å². The van der Waals surface area contributed by atoms with Gasteiger partial charge in [-0.15, -0.1) is 0 Å². The number of aliphatic hydroxyl groups is 1. The quantitative estimate of drug-likeness (QED) is 0.704. The number of benzene rings is 1. The van der Waals surface area contributed by atoms with E-state index >= 15 is 0 Å². The number of rotatable bonds is 7. The molecule has 1 aromatic rings. The third-order valence-electron chi connectivity index (χ3n) is 3.15. The smallest absolute Gasteiger partial charge is 0.131 e. The van der Waals surface area contributed by atoms with Crippen molar-refractivity contribution in [1.82, 2.24) is 0 Å². The Hall–Kier alpha value is -1.46. The molecule has 0 saturated heterocycles. The molecule has 0 radical (unpaired) electrons. The van der Waals surface area contributed by atoms with Gasteiger partial charge in [0, 0.05) is 12.1 Å². The van der Waals surface area contributed by atoms with Crippen molar-refractivity contribution in [2.75, 3.05) is 14.2 Å². The van der Waals surface area contributed by atoms with Crippen molar-refractivity contribution in [2.24, 2.45) is 5.73 Å². The van der Waals surface area contributed by atoms with Gasteiger partial charge in [0.1, 0.15) is 17.2 Å². The van der Waals surface area contributed by atoms with Gasteiger partial charge in [-0.25, -0.2) is 0 Å². The maximum Gasteiger partial charge on any atom is 0.131 e. The first kappa shape index (κ1) is 15.6. The van der Waals surface area contributed by atoms with Crippen LogP contribution in [-0.4, -0.2) is 30.5 Å². The summed E-state index contributed by atoms with van der Waals surface area (Å²) >= 11 is 0. The van der Waals surface area contributed by atoms with Crippen molar-refractivity contribution < 1.29 is 19.7 Å². The zero-order valence-corrected chi connectivity index (χ0v) is 11.7. The van der Waals surface area contributed by atoms with Gasteiger partial charge in [-0.1, -0.05) is 19.8 Å². The topological polar surface area (TPSA) is 84.9 Å². The second kappa shape index (κ2) is 7.21. The highest BCUT2D eigenvalue weighted by molar-refractivity contribution is 5.51. The van der Waals surface area contributed by atoms with Crippen LogP contribution in [0.3, 0.4) is 0 Å². The van der Waals surface area contributed by atoms with Crippen molar-refractivity contribution in [2.45, 2.75) is 38.3 Å². The number of hydrogen-bond acceptors (Lipinski definition) is 5. The van der Waals surface area contributed by atoms with Gasteiger partial charge in [-0.2, -0.15) is 0 Å². The monoisotopic (exact) mass is 269 g/mol. The van der Waals surface area contributed by atoms with Gasteiger partial charge in [-0.05, 0) is 6.42 Å². The van der Waals surface area contributed by atoms with E-state index in [1.807, 2.05) is 6.92 Å². The largest absolute Gasteiger partial charge is 0.507 e. The van der Waals surface area contributed by atoms with Crippen LogP contribution in [-0.2, 0) is 0 Å². The van der Waals surface area contributed by atoms with Gasteiger partial charge in [0.15, 0.2) is 0 Å². The number of phenolic OH excluding ortho intramolecular Hbond substituents is 1. The first-order chi connectivity index (χ1) is 9.04. The van der Waals surface area contributed by atoms with E-state index in [9.17, 15) is 10.2 Å². The molecular formula is C14H23NO4. The zero-order valence-electron chi connectivity index (χ0n) is 11.7. The first-order valence-electron chi connectivity index (χ1n) is 6.43. The number of unbranched alkanes of at least 4 members (excludes halogenated alkanes) is 1. The Morgan fingerprint density at radius 3 is 2.47 bits per heavy atom. The Morgan fingerprint density at radius 2 is 1.95 bits per heavy atom. The molecule has 108 valence electrons. The molecule has 19 heavy (non-hydrogen) atoms. The maximum atomic E-state index is 10.1. The number of aromatic hydroxyl groups is 1. The third kappa shape index (κ3) is 3.75. The Bertz CT molecular complexity index is 409. The molecule has 0 fully saturated rings. The standard InChI is InChI=1S/C14H23NO4/c1-4-5-6-10(16)14(15)13-11(17)7-9(18-2)8-12(13)19-3/h7-8,10,14,16-17H,4-6,15H2,1-3H3/t10-,14-/m0/s1. The van der Waals surface area contributed by atoms with Crippen LogP contribution in [0, 0.1) is 0 Å². The molecular weight excluding hydrogens is 246 g/mol. The van der Waals surface area contributed by atoms with Gasteiger partial charge in [0.2, 0.25) is 0 Å². The molecule has 2 atom stereocenters. The van der Waals surface area contributed by atoms with Gasteiger partial charge in [0.05, 0.1) is 31.9 Å². The summed E-state index contributed by atoms with van der Waals surface area (Å²) in [6, 6.07) is 2.42. The zero-order chi connectivity index (χ0) is 14.4. The highest BCUT2D eigenvalue weighted by atomic mass is 16.5. The number of nitrogens with two attached hydrogens (primary N) is 1. The van der Waals surface area contributed by atoms with Crippen LogP contribution in [0.25, 0.3) is 0 Å². The predicted molar refractivity (Wildman–Crippen MR) is 73.7 cm³/mol. The molecule has 0 saturated carbocycles. The van der Waals surface area contributed by atoms with Crippen molar-refractivity contribution in [3.05, 3.63) is 17.7 Å². The summed E-state index contributed by atoms with van der Waals surface area (Å²) in [5.41, 5.74) is 6.43. The fourth-order valence-electron chi connectivity index (χ4n) is 1.99. The van der Waals surface area contributed by atoms with Gasteiger partial charge in [-0.3, -0.25) is 0 Å². The van der Waals surface area contributed by atoms with Crippen LogP contribution in [0.2, 0.25) is 0 Å². The molecule has 5 nitrogen and oxygen atoms in total. The summed E-state index contributed by atoms with van der Waals surface area (Å²) in [5.74, 6) is 0.868. The molecule has 4 N–H and O–H groups in total. The minimum atomic E-state index is -0.715. The maximum absolute atomic E-state index is 10.1. The van der Waals surface area contributed by atoms with Gasteiger partial charge < -0.3 is 25.4 Å². The van der Waals surface area contributed by atoms with Crippen LogP contribution >= 0.6 is 0 Å². The summed E-state index contributed by atoms with van der Waals surface area (Å²) in [4.78, 5) is 0. The highest BCUT2D eigenvalue weighted by Gasteiger charge is 2.24. The Balaban J connectivity index is 3.04. The molecule has 0 bridgehead atoms. The fraction of sp³-hybridized carbons (Fsp3) is 0.571. The Morgan fingerprint density at radius 1 is 1.26 bits per heavy atom. The first-order valence-corrected chi connectivity index (χ1v) is 6.43. The summed E-state index contributed by atoms with van der Waals surface area (Å²) in [6.45, 7) is 2.05. The SMILES string of the molecule is CCCC[C@H](O)[C@H](N)c1c(O)cc(OC)cc1OC. The predicted octanol–water partition coefficient (Wildman–Crippen LogP) is 1.96. The summed E-state index contributed by atoms with van der Waals surface area (Å²) < 4.78 is 10.3. The molecule has 1 aromatic carbocycles. The Kier molecular flexibility index (Phi) is 5.92. The van der Waals surface area contributed by atoms with Crippen molar-refractivity contribution in [1.29, 1.82) is 0 Å². The average Bonchev–Trinajstić information content (AvgIpc) is 2.42. The number of aliphatic hydroxyl groups excluding tert-OH is 1. The van der Waals surface area contributed by atoms with Crippen molar-refractivity contribution in [3.63, 3.8) is 0 Å². The third-order valence-corrected chi connectivity index (χ3v) is 3.15. The van der Waals surface area contributed by atoms with E-state index in [2.05, 4.69) is 0 Å². The molecule has 0 aliphatic rings. The van der Waals surface area contributed by atoms with E-state index in [0.717, 1.165) is 12.8 Å². The molecule has 0 amide bonds. The van der Waals surface area contributed by atoms with E-state index < -0.39 is 12.1 Å². The molecule has 0 aliphatic carbocycles. The van der Waals surface area contributed by atoms with Crippen LogP contribution in [0.1, 0.15) is 37.8 Å². The van der Waals surface area contributed by atoms with E-state index in [1.165, 1.54) is 20.3 Å². The van der Waals surface area contributed by atoms with Crippen LogP contribution in [0.4, 0.5) is 0 Å². The molecule has 0 heterocycles. The second-order valence-corrected chi connectivity index (χ2v) is 4.50. The normalized spacial score (nSPS) is 13.9. The molecule has 0 aromatic heterocycles. The minimum Gasteiger partial charge on any atom is -0.507 e. The average molecular weight is 269 g/mol. The molecule has 0 unspecified atom stereocenters. The molecule has 1 rings (SSSR count). The summed E-state index contributed by atoms with van der Waals surface area (Å²) in [5, 5.41) is 20.1. The fourth-order valence-corrected chi connectivity index (χ4v) is 1.99. The molecule has 0 aliphatic heterocycles. The Labute approximate surface area is 114 Å². The van der Waals surface area contributed by atoms with E-state index in [0.29, 0.717) is 23.5 Å². The van der Waals surface area contributed by atoms with Crippen LogP contribution < -0.4 is 15.2 Å². The van der Waals surface area contributed by atoms with Crippen LogP contribution in [0.5, 0.6) is 17.2 Å². The second-order valence-electron chi connectivity index (χ2n) is 4.50. The van der Waals surface area contributed by atoms with Gasteiger partial charge in [0.25, 0.3) is 0 Å². The van der Waals surface area contributed by atoms with E-state index in [4.69, 9.17) is 15.2 Å². The van der Waals surface area contributed by atoms with E-state index in [1.54, 1.807) is 6.07 Å². The highest BCUT2D eigenvalue weighted by Crippen LogP contribution is 2.38. The van der Waals surface area contributed by atoms with E-state index in [-0.39, 0.29) is 5.75 Å². The summed E-state index contributed by atoms with van der Waals surface area (Å²) in [6.07, 6.45) is 1.74. The summed E-state index contributed by atoms with van der Waals surface area (Å²) in [7, 11) is 2.99. The van der Waals surface area contributed by atoms with Crippen LogP contribution in [0.15, 0.2) is 12.1 Å². The lowest BCUT2D eigenvalue weighted by atomic mass is 9.96. The number of methoxy groups -OCH3 is 2.